The zero-order chi connectivity index (χ0) is 15.0. The van der Waals surface area contributed by atoms with E-state index in [1.54, 1.807) is 0 Å². The second kappa shape index (κ2) is 5.49. The molecule has 3 heteroatoms. The number of nitrogens with zero attached hydrogens (tertiary/aromatic N) is 1. The lowest BCUT2D eigenvalue weighted by molar-refractivity contribution is 0.684. The Hall–Kier alpha value is -1.87. The molecule has 3 rings (SSSR count). The average molecular weight is 282 g/mol. The van der Waals surface area contributed by atoms with Crippen molar-refractivity contribution in [3.05, 3.63) is 69.6 Å². The van der Waals surface area contributed by atoms with Gasteiger partial charge in [0.25, 0.3) is 5.56 Å². The molecule has 2 N–H and O–H groups in total. The third-order valence-electron chi connectivity index (χ3n) is 4.24. The van der Waals surface area contributed by atoms with Gasteiger partial charge in [0.2, 0.25) is 0 Å². The van der Waals surface area contributed by atoms with Gasteiger partial charge in [-0.05, 0) is 36.0 Å². The zero-order valence-corrected chi connectivity index (χ0v) is 12.6. The molecule has 2 aromatic rings. The Morgan fingerprint density at radius 3 is 2.29 bits per heavy atom. The second-order valence-electron chi connectivity index (χ2n) is 6.21. The molecule has 1 heterocycles. The summed E-state index contributed by atoms with van der Waals surface area (Å²) >= 11 is 0. The second-order valence-corrected chi connectivity index (χ2v) is 6.21. The molecule has 1 atom stereocenters. The Balaban J connectivity index is 1.93. The van der Waals surface area contributed by atoms with E-state index in [0.717, 1.165) is 18.4 Å². The third kappa shape index (κ3) is 2.79. The van der Waals surface area contributed by atoms with Gasteiger partial charge in [-0.15, -0.1) is 0 Å². The fourth-order valence-corrected chi connectivity index (χ4v) is 2.67. The van der Waals surface area contributed by atoms with Crippen LogP contribution in [0.4, 0.5) is 0 Å². The largest absolute Gasteiger partial charge is 0.320 e. The van der Waals surface area contributed by atoms with Crippen LogP contribution in [0, 0.1) is 0 Å². The first-order valence-electron chi connectivity index (χ1n) is 7.64. The highest BCUT2D eigenvalue weighted by Crippen LogP contribution is 2.33. The van der Waals surface area contributed by atoms with E-state index in [-0.39, 0.29) is 11.6 Å². The summed E-state index contributed by atoms with van der Waals surface area (Å²) < 4.78 is 1.83. The fraction of sp³-hybridized carbons (Fsp3) is 0.389. The summed E-state index contributed by atoms with van der Waals surface area (Å²) in [6.07, 6.45) is 4.07. The topological polar surface area (TPSA) is 48.0 Å². The van der Waals surface area contributed by atoms with Crippen LogP contribution in [-0.4, -0.2) is 4.57 Å². The predicted octanol–water partition coefficient (Wildman–Crippen LogP) is 3.35. The molecule has 1 aliphatic carbocycles. The molecule has 21 heavy (non-hydrogen) atoms. The van der Waals surface area contributed by atoms with E-state index in [0.29, 0.717) is 17.5 Å². The average Bonchev–Trinajstić information content (AvgIpc) is 3.31. The van der Waals surface area contributed by atoms with Crippen LogP contribution in [0.1, 0.15) is 61.4 Å². The maximum absolute atomic E-state index is 12.5. The van der Waals surface area contributed by atoms with Crippen molar-refractivity contribution in [1.29, 1.82) is 0 Å². The summed E-state index contributed by atoms with van der Waals surface area (Å²) in [5.41, 5.74) is 9.33. The van der Waals surface area contributed by atoms with Crippen molar-refractivity contribution in [1.82, 2.24) is 4.57 Å². The Labute approximate surface area is 125 Å². The molecule has 0 bridgehead atoms. The standard InChI is InChI=1S/C18H22N2O/c1-12(2)13-5-7-14(8-6-13)17(19)16-4-3-11-20(18(16)21)15-9-10-15/h3-8,11-12,15,17H,9-10,19H2,1-2H3. The number of benzene rings is 1. The van der Waals surface area contributed by atoms with Gasteiger partial charge in [0, 0.05) is 17.8 Å². The monoisotopic (exact) mass is 282 g/mol. The quantitative estimate of drug-likeness (QED) is 0.934. The van der Waals surface area contributed by atoms with Gasteiger partial charge in [0.05, 0.1) is 6.04 Å². The number of aromatic nitrogens is 1. The summed E-state index contributed by atoms with van der Waals surface area (Å²) in [4.78, 5) is 12.5. The highest BCUT2D eigenvalue weighted by Gasteiger charge is 2.25. The van der Waals surface area contributed by atoms with E-state index in [1.165, 1.54) is 5.56 Å². The van der Waals surface area contributed by atoms with Gasteiger partial charge >= 0.3 is 0 Å². The van der Waals surface area contributed by atoms with Crippen LogP contribution in [0.5, 0.6) is 0 Å². The maximum Gasteiger partial charge on any atom is 0.255 e. The molecule has 1 fully saturated rings. The van der Waals surface area contributed by atoms with Crippen LogP contribution in [0.2, 0.25) is 0 Å². The van der Waals surface area contributed by atoms with Crippen molar-refractivity contribution in [2.45, 2.75) is 44.7 Å². The Morgan fingerprint density at radius 2 is 1.71 bits per heavy atom. The van der Waals surface area contributed by atoms with Crippen LogP contribution < -0.4 is 11.3 Å². The van der Waals surface area contributed by atoms with Gasteiger partial charge < -0.3 is 10.3 Å². The summed E-state index contributed by atoms with van der Waals surface area (Å²) in [6, 6.07) is 12.1. The molecule has 0 spiro atoms. The van der Waals surface area contributed by atoms with Gasteiger partial charge in [-0.2, -0.15) is 0 Å². The smallest absolute Gasteiger partial charge is 0.255 e. The first kappa shape index (κ1) is 14.1. The Kier molecular flexibility index (Phi) is 3.68. The lowest BCUT2D eigenvalue weighted by Gasteiger charge is -2.15. The molecule has 1 unspecified atom stereocenters. The minimum atomic E-state index is -0.357. The van der Waals surface area contributed by atoms with Crippen molar-refractivity contribution < 1.29 is 0 Å². The van der Waals surface area contributed by atoms with Crippen LogP contribution >= 0.6 is 0 Å². The van der Waals surface area contributed by atoms with Gasteiger partial charge in [0.15, 0.2) is 0 Å². The highest BCUT2D eigenvalue weighted by molar-refractivity contribution is 5.33. The molecule has 1 aromatic carbocycles. The summed E-state index contributed by atoms with van der Waals surface area (Å²) in [6.45, 7) is 4.33. The first-order chi connectivity index (χ1) is 10.1. The minimum absolute atomic E-state index is 0.0560. The number of hydrogen-bond acceptors (Lipinski definition) is 2. The van der Waals surface area contributed by atoms with E-state index in [4.69, 9.17) is 5.73 Å². The van der Waals surface area contributed by atoms with E-state index >= 15 is 0 Å². The summed E-state index contributed by atoms with van der Waals surface area (Å²) in [5.74, 6) is 0.499. The van der Waals surface area contributed by atoms with E-state index in [9.17, 15) is 4.79 Å². The fourth-order valence-electron chi connectivity index (χ4n) is 2.67. The SMILES string of the molecule is CC(C)c1ccc(C(N)c2cccn(C3CC3)c2=O)cc1. The van der Waals surface area contributed by atoms with Gasteiger partial charge in [-0.1, -0.05) is 44.2 Å². The van der Waals surface area contributed by atoms with Gasteiger partial charge in [-0.25, -0.2) is 0 Å². The molecular weight excluding hydrogens is 260 g/mol. The number of nitrogens with two attached hydrogens (primary N) is 1. The molecule has 0 radical (unpaired) electrons. The molecule has 1 saturated carbocycles. The molecule has 3 nitrogen and oxygen atoms in total. The predicted molar refractivity (Wildman–Crippen MR) is 85.5 cm³/mol. The summed E-state index contributed by atoms with van der Waals surface area (Å²) in [7, 11) is 0. The van der Waals surface area contributed by atoms with Crippen LogP contribution in [0.25, 0.3) is 0 Å². The van der Waals surface area contributed by atoms with Gasteiger partial charge in [-0.3, -0.25) is 4.79 Å². The van der Waals surface area contributed by atoms with Crippen molar-refractivity contribution in [2.24, 2.45) is 5.73 Å². The molecule has 0 saturated heterocycles. The number of hydrogen-bond donors (Lipinski definition) is 1. The van der Waals surface area contributed by atoms with Crippen molar-refractivity contribution in [2.75, 3.05) is 0 Å². The van der Waals surface area contributed by atoms with Crippen LogP contribution in [0.3, 0.4) is 0 Å². The van der Waals surface area contributed by atoms with Gasteiger partial charge in [0.1, 0.15) is 0 Å². The van der Waals surface area contributed by atoms with Crippen molar-refractivity contribution in [3.8, 4) is 0 Å². The molecule has 110 valence electrons. The lowest BCUT2D eigenvalue weighted by Crippen LogP contribution is -2.27. The van der Waals surface area contributed by atoms with E-state index in [2.05, 4.69) is 26.0 Å². The van der Waals surface area contributed by atoms with E-state index in [1.807, 2.05) is 35.0 Å². The van der Waals surface area contributed by atoms with E-state index < -0.39 is 0 Å². The Bertz CT molecular complexity index is 681. The van der Waals surface area contributed by atoms with Crippen LogP contribution in [-0.2, 0) is 0 Å². The summed E-state index contributed by atoms with van der Waals surface area (Å²) in [5, 5.41) is 0. The normalized spacial score (nSPS) is 16.2. The first-order valence-corrected chi connectivity index (χ1v) is 7.64. The maximum atomic E-state index is 12.5. The third-order valence-corrected chi connectivity index (χ3v) is 4.24. The number of pyridine rings is 1. The number of rotatable bonds is 4. The van der Waals surface area contributed by atoms with Crippen LogP contribution in [0.15, 0.2) is 47.4 Å². The minimum Gasteiger partial charge on any atom is -0.320 e. The van der Waals surface area contributed by atoms with Crippen molar-refractivity contribution >= 4 is 0 Å². The molecule has 0 amide bonds. The molecule has 1 aromatic heterocycles. The molecule has 0 aliphatic heterocycles. The lowest BCUT2D eigenvalue weighted by atomic mass is 9.96. The highest BCUT2D eigenvalue weighted by atomic mass is 16.1. The molecular formula is C18H22N2O. The Morgan fingerprint density at radius 1 is 1.10 bits per heavy atom. The van der Waals surface area contributed by atoms with Crippen molar-refractivity contribution in [3.63, 3.8) is 0 Å². The molecule has 1 aliphatic rings. The zero-order valence-electron chi connectivity index (χ0n) is 12.6.